The number of primary sulfonamides is 1. The van der Waals surface area contributed by atoms with Crippen LogP contribution in [0.4, 0.5) is 0 Å². The van der Waals surface area contributed by atoms with E-state index in [9.17, 15) is 13.2 Å². The molecule has 18 heavy (non-hydrogen) atoms. The van der Waals surface area contributed by atoms with Crippen molar-refractivity contribution in [1.82, 2.24) is 9.80 Å². The van der Waals surface area contributed by atoms with Gasteiger partial charge in [-0.05, 0) is 25.9 Å². The van der Waals surface area contributed by atoms with Crippen molar-refractivity contribution in [2.24, 2.45) is 11.1 Å². The van der Waals surface area contributed by atoms with E-state index in [0.717, 1.165) is 19.6 Å². The molecule has 0 spiro atoms. The molecule has 6 nitrogen and oxygen atoms in total. The average molecular weight is 275 g/mol. The Morgan fingerprint density at radius 2 is 1.89 bits per heavy atom. The van der Waals surface area contributed by atoms with E-state index in [1.165, 1.54) is 12.8 Å². The molecule has 2 fully saturated rings. The van der Waals surface area contributed by atoms with E-state index >= 15 is 0 Å². The highest BCUT2D eigenvalue weighted by Crippen LogP contribution is 2.19. The minimum absolute atomic E-state index is 0.0582. The molecule has 7 heteroatoms. The Bertz CT molecular complexity index is 404. The Hall–Kier alpha value is -0.660. The van der Waals surface area contributed by atoms with E-state index in [0.29, 0.717) is 19.5 Å². The number of nitrogens with two attached hydrogens (primary N) is 1. The topological polar surface area (TPSA) is 83.7 Å². The second-order valence-corrected chi connectivity index (χ2v) is 6.95. The average Bonchev–Trinajstić information content (AvgIpc) is 2.83. The number of rotatable bonds is 5. The number of sulfonamides is 1. The molecule has 0 aromatic heterocycles. The van der Waals surface area contributed by atoms with Crippen LogP contribution in [0.25, 0.3) is 0 Å². The number of carbonyl (C=O) groups is 1. The monoisotopic (exact) mass is 275 g/mol. The maximum absolute atomic E-state index is 11.7. The lowest BCUT2D eigenvalue weighted by atomic mass is 10.1. The molecule has 2 saturated heterocycles. The Labute approximate surface area is 108 Å². The van der Waals surface area contributed by atoms with Crippen LogP contribution in [-0.4, -0.2) is 62.6 Å². The van der Waals surface area contributed by atoms with Gasteiger partial charge in [0.1, 0.15) is 0 Å². The number of hydrogen-bond acceptors (Lipinski definition) is 4. The van der Waals surface area contributed by atoms with Crippen molar-refractivity contribution in [2.75, 3.05) is 38.5 Å². The third-order valence-electron chi connectivity index (χ3n) is 3.65. The van der Waals surface area contributed by atoms with Crippen molar-refractivity contribution >= 4 is 15.9 Å². The Kier molecular flexibility index (Phi) is 4.24. The zero-order valence-corrected chi connectivity index (χ0v) is 11.4. The van der Waals surface area contributed by atoms with E-state index in [1.54, 1.807) is 4.90 Å². The fourth-order valence-electron chi connectivity index (χ4n) is 2.78. The van der Waals surface area contributed by atoms with E-state index in [-0.39, 0.29) is 17.6 Å². The van der Waals surface area contributed by atoms with Gasteiger partial charge in [-0.25, -0.2) is 13.6 Å². The molecule has 0 bridgehead atoms. The van der Waals surface area contributed by atoms with Crippen molar-refractivity contribution in [3.63, 3.8) is 0 Å². The van der Waals surface area contributed by atoms with Crippen LogP contribution in [0.5, 0.6) is 0 Å². The summed E-state index contributed by atoms with van der Waals surface area (Å²) < 4.78 is 22.0. The molecule has 2 rings (SSSR count). The van der Waals surface area contributed by atoms with Crippen molar-refractivity contribution in [2.45, 2.75) is 19.3 Å². The highest BCUT2D eigenvalue weighted by atomic mass is 32.2. The fraction of sp³-hybridized carbons (Fsp3) is 0.909. The highest BCUT2D eigenvalue weighted by Gasteiger charge is 2.31. The summed E-state index contributed by atoms with van der Waals surface area (Å²) in [7, 11) is -3.47. The van der Waals surface area contributed by atoms with Crippen molar-refractivity contribution in [3.8, 4) is 0 Å². The van der Waals surface area contributed by atoms with Gasteiger partial charge in [-0.3, -0.25) is 4.79 Å². The lowest BCUT2D eigenvalue weighted by Gasteiger charge is -2.21. The molecule has 0 aliphatic carbocycles. The van der Waals surface area contributed by atoms with Crippen LogP contribution in [0.1, 0.15) is 19.3 Å². The summed E-state index contributed by atoms with van der Waals surface area (Å²) in [6.45, 7) is 4.36. The molecule has 1 unspecified atom stereocenters. The minimum Gasteiger partial charge on any atom is -0.341 e. The van der Waals surface area contributed by atoms with Gasteiger partial charge in [-0.1, -0.05) is 0 Å². The van der Waals surface area contributed by atoms with Gasteiger partial charge in [0.05, 0.1) is 5.75 Å². The SMILES string of the molecule is NS(=O)(=O)CC1CC(=O)N(CCN2CCCC2)C1. The maximum atomic E-state index is 11.7. The van der Waals surface area contributed by atoms with Crippen LogP contribution < -0.4 is 5.14 Å². The Morgan fingerprint density at radius 1 is 1.22 bits per heavy atom. The fourth-order valence-corrected chi connectivity index (χ4v) is 3.66. The largest absolute Gasteiger partial charge is 0.341 e. The molecule has 1 amide bonds. The normalized spacial score (nSPS) is 26.2. The van der Waals surface area contributed by atoms with Gasteiger partial charge in [0.25, 0.3) is 0 Å². The molecule has 0 saturated carbocycles. The van der Waals surface area contributed by atoms with Gasteiger partial charge in [-0.15, -0.1) is 0 Å². The van der Waals surface area contributed by atoms with Crippen LogP contribution in [0.2, 0.25) is 0 Å². The van der Waals surface area contributed by atoms with Gasteiger partial charge in [0, 0.05) is 32.0 Å². The van der Waals surface area contributed by atoms with E-state index in [1.807, 2.05) is 0 Å². The second-order valence-electron chi connectivity index (χ2n) is 5.29. The number of hydrogen-bond donors (Lipinski definition) is 1. The molecule has 2 N–H and O–H groups in total. The second kappa shape index (κ2) is 5.54. The molecule has 0 radical (unpaired) electrons. The molecule has 0 aromatic carbocycles. The van der Waals surface area contributed by atoms with Gasteiger partial charge in [0.2, 0.25) is 15.9 Å². The van der Waals surface area contributed by atoms with E-state index in [2.05, 4.69) is 4.90 Å². The lowest BCUT2D eigenvalue weighted by molar-refractivity contribution is -0.127. The predicted molar refractivity (Wildman–Crippen MR) is 68.3 cm³/mol. The summed E-state index contributed by atoms with van der Waals surface area (Å²) in [6.07, 6.45) is 2.79. The number of likely N-dealkylation sites (tertiary alicyclic amines) is 2. The molecule has 2 aliphatic heterocycles. The highest BCUT2D eigenvalue weighted by molar-refractivity contribution is 7.89. The summed E-state index contributed by atoms with van der Waals surface area (Å²) in [5.74, 6) is -0.159. The van der Waals surface area contributed by atoms with Crippen LogP contribution >= 0.6 is 0 Å². The third kappa shape index (κ3) is 3.93. The smallest absolute Gasteiger partial charge is 0.223 e. The maximum Gasteiger partial charge on any atom is 0.223 e. The number of carbonyl (C=O) groups excluding carboxylic acids is 1. The summed E-state index contributed by atoms with van der Waals surface area (Å²) in [5, 5.41) is 5.01. The van der Waals surface area contributed by atoms with Crippen molar-refractivity contribution in [3.05, 3.63) is 0 Å². The van der Waals surface area contributed by atoms with Gasteiger partial charge >= 0.3 is 0 Å². The molecule has 1 atom stereocenters. The molecular formula is C11H21N3O3S. The lowest BCUT2D eigenvalue weighted by Crippen LogP contribution is -2.35. The summed E-state index contributed by atoms with van der Waals surface area (Å²) in [6, 6.07) is 0. The van der Waals surface area contributed by atoms with E-state index in [4.69, 9.17) is 5.14 Å². The van der Waals surface area contributed by atoms with Crippen LogP contribution in [0.3, 0.4) is 0 Å². The predicted octanol–water partition coefficient (Wildman–Crippen LogP) is -0.781. The summed E-state index contributed by atoms with van der Waals surface area (Å²) >= 11 is 0. The van der Waals surface area contributed by atoms with Crippen LogP contribution in [-0.2, 0) is 14.8 Å². The summed E-state index contributed by atoms with van der Waals surface area (Å²) in [5.41, 5.74) is 0. The van der Waals surface area contributed by atoms with E-state index < -0.39 is 10.0 Å². The number of amides is 1. The van der Waals surface area contributed by atoms with Crippen molar-refractivity contribution in [1.29, 1.82) is 0 Å². The Morgan fingerprint density at radius 3 is 2.50 bits per heavy atom. The standard InChI is InChI=1S/C11H21N3O3S/c12-18(16,17)9-10-7-11(15)14(8-10)6-5-13-3-1-2-4-13/h10H,1-9H2,(H2,12,16,17). The Balaban J connectivity index is 1.78. The molecule has 0 aromatic rings. The molecular weight excluding hydrogens is 254 g/mol. The zero-order valence-electron chi connectivity index (χ0n) is 10.5. The van der Waals surface area contributed by atoms with Crippen LogP contribution in [0, 0.1) is 5.92 Å². The minimum atomic E-state index is -3.47. The molecule has 2 aliphatic rings. The quantitative estimate of drug-likeness (QED) is 0.713. The number of nitrogens with zero attached hydrogens (tertiary/aromatic N) is 2. The third-order valence-corrected chi connectivity index (χ3v) is 4.58. The van der Waals surface area contributed by atoms with Crippen molar-refractivity contribution < 1.29 is 13.2 Å². The van der Waals surface area contributed by atoms with Gasteiger partial charge in [-0.2, -0.15) is 0 Å². The first-order valence-corrected chi connectivity index (χ1v) is 8.16. The van der Waals surface area contributed by atoms with Crippen LogP contribution in [0.15, 0.2) is 0 Å². The molecule has 2 heterocycles. The first-order chi connectivity index (χ1) is 8.44. The summed E-state index contributed by atoms with van der Waals surface area (Å²) in [4.78, 5) is 15.9. The first kappa shape index (κ1) is 13.8. The van der Waals surface area contributed by atoms with Gasteiger partial charge in [0.15, 0.2) is 0 Å². The van der Waals surface area contributed by atoms with Gasteiger partial charge < -0.3 is 9.80 Å². The first-order valence-electron chi connectivity index (χ1n) is 6.44. The zero-order chi connectivity index (χ0) is 13.2. The molecule has 104 valence electrons.